The maximum absolute atomic E-state index is 11.6. The molecule has 5 nitrogen and oxygen atoms in total. The Hall–Kier alpha value is -2.17. The average Bonchev–Trinajstić information content (AvgIpc) is 2.37. The zero-order valence-electron chi connectivity index (χ0n) is 11.1. The monoisotopic (exact) mass is 263 g/mol. The molecule has 0 aromatic heterocycles. The van der Waals surface area contributed by atoms with E-state index < -0.39 is 5.97 Å². The van der Waals surface area contributed by atoms with Gasteiger partial charge in [-0.2, -0.15) is 0 Å². The number of ether oxygens (including phenoxy) is 1. The first-order chi connectivity index (χ1) is 9.02. The molecule has 0 radical (unpaired) electrons. The number of rotatable bonds is 6. The van der Waals surface area contributed by atoms with Crippen molar-refractivity contribution in [2.45, 2.75) is 26.7 Å². The molecule has 0 aliphatic rings. The Morgan fingerprint density at radius 3 is 2.32 bits per heavy atom. The second-order valence-corrected chi connectivity index (χ2v) is 4.08. The third kappa shape index (κ3) is 5.33. The van der Waals surface area contributed by atoms with Crippen molar-refractivity contribution < 1.29 is 19.1 Å². The Balaban J connectivity index is 2.58. The van der Waals surface area contributed by atoms with Crippen molar-refractivity contribution in [2.24, 2.45) is 0 Å². The van der Waals surface area contributed by atoms with Crippen LogP contribution >= 0.6 is 0 Å². The summed E-state index contributed by atoms with van der Waals surface area (Å²) in [6, 6.07) is 6.48. The van der Waals surface area contributed by atoms with E-state index in [9.17, 15) is 14.4 Å². The van der Waals surface area contributed by atoms with Crippen molar-refractivity contribution in [3.05, 3.63) is 29.8 Å². The van der Waals surface area contributed by atoms with E-state index in [0.717, 1.165) is 6.42 Å². The van der Waals surface area contributed by atoms with Crippen molar-refractivity contribution >= 4 is 23.3 Å². The molecular formula is C14H17NO4. The van der Waals surface area contributed by atoms with Gasteiger partial charge in [0.15, 0.2) is 12.4 Å². The van der Waals surface area contributed by atoms with Crippen molar-refractivity contribution in [3.8, 4) is 0 Å². The highest BCUT2D eigenvalue weighted by molar-refractivity contribution is 5.98. The molecule has 1 N–H and O–H groups in total. The molecular weight excluding hydrogens is 246 g/mol. The minimum Gasteiger partial charge on any atom is -0.457 e. The van der Waals surface area contributed by atoms with Gasteiger partial charge >= 0.3 is 5.97 Å². The second-order valence-electron chi connectivity index (χ2n) is 4.08. The molecule has 1 rings (SSSR count). The van der Waals surface area contributed by atoms with Crippen LogP contribution in [-0.4, -0.2) is 24.3 Å². The Labute approximate surface area is 111 Å². The second kappa shape index (κ2) is 7.31. The van der Waals surface area contributed by atoms with Crippen LogP contribution in [0.25, 0.3) is 0 Å². The summed E-state index contributed by atoms with van der Waals surface area (Å²) >= 11 is 0. The lowest BCUT2D eigenvalue weighted by Gasteiger charge is -2.05. The van der Waals surface area contributed by atoms with Crippen LogP contribution in [-0.2, 0) is 14.3 Å². The van der Waals surface area contributed by atoms with E-state index in [2.05, 4.69) is 10.1 Å². The number of amides is 1. The van der Waals surface area contributed by atoms with E-state index >= 15 is 0 Å². The number of nitrogens with one attached hydrogen (secondary N) is 1. The van der Waals surface area contributed by atoms with Crippen molar-refractivity contribution in [2.75, 3.05) is 11.9 Å². The summed E-state index contributed by atoms with van der Waals surface area (Å²) in [4.78, 5) is 33.6. The molecule has 0 atom stereocenters. The standard InChI is InChI=1S/C14H17NO4/c1-3-4-14(18)15-12-7-5-11(6-8-12)13(17)9-19-10(2)16/h5-8H,3-4,9H2,1-2H3,(H,15,18). The zero-order chi connectivity index (χ0) is 14.3. The molecule has 0 aliphatic heterocycles. The molecule has 0 saturated carbocycles. The minimum absolute atomic E-state index is 0.0542. The highest BCUT2D eigenvalue weighted by Gasteiger charge is 2.08. The number of Topliss-reactive ketones (excluding diaryl/α,β-unsaturated/α-hetero) is 1. The summed E-state index contributed by atoms with van der Waals surface area (Å²) < 4.78 is 4.63. The molecule has 0 fully saturated rings. The van der Waals surface area contributed by atoms with Gasteiger partial charge in [-0.25, -0.2) is 0 Å². The Kier molecular flexibility index (Phi) is 5.73. The third-order valence-corrected chi connectivity index (χ3v) is 2.37. The summed E-state index contributed by atoms with van der Waals surface area (Å²) in [5, 5.41) is 2.72. The van der Waals surface area contributed by atoms with E-state index in [1.807, 2.05) is 6.92 Å². The number of carbonyl (C=O) groups excluding carboxylic acids is 3. The van der Waals surface area contributed by atoms with E-state index in [4.69, 9.17) is 0 Å². The van der Waals surface area contributed by atoms with Crippen LogP contribution in [0.3, 0.4) is 0 Å². The van der Waals surface area contributed by atoms with E-state index in [1.54, 1.807) is 24.3 Å². The summed E-state index contributed by atoms with van der Waals surface area (Å²) in [6.45, 7) is 2.91. The number of hydrogen-bond acceptors (Lipinski definition) is 4. The van der Waals surface area contributed by atoms with Gasteiger partial charge in [-0.3, -0.25) is 14.4 Å². The number of hydrogen-bond donors (Lipinski definition) is 1. The lowest BCUT2D eigenvalue weighted by atomic mass is 10.1. The fraction of sp³-hybridized carbons (Fsp3) is 0.357. The summed E-state index contributed by atoms with van der Waals surface area (Å²) in [5.41, 5.74) is 1.08. The van der Waals surface area contributed by atoms with Gasteiger partial charge in [-0.05, 0) is 30.7 Å². The van der Waals surface area contributed by atoms with Gasteiger partial charge in [-0.15, -0.1) is 0 Å². The van der Waals surface area contributed by atoms with Crippen LogP contribution in [0.4, 0.5) is 5.69 Å². The van der Waals surface area contributed by atoms with Gasteiger partial charge in [0.1, 0.15) is 0 Å². The number of ketones is 1. The van der Waals surface area contributed by atoms with Gasteiger partial charge in [0, 0.05) is 24.6 Å². The first kappa shape index (κ1) is 14.9. The number of esters is 1. The fourth-order valence-corrected chi connectivity index (χ4v) is 1.44. The van der Waals surface area contributed by atoms with Gasteiger partial charge in [0.2, 0.25) is 5.91 Å². The topological polar surface area (TPSA) is 72.5 Å². The average molecular weight is 263 g/mol. The number of benzene rings is 1. The molecule has 1 amide bonds. The number of carbonyl (C=O) groups is 3. The normalized spacial score (nSPS) is 9.79. The first-order valence-corrected chi connectivity index (χ1v) is 6.09. The maximum Gasteiger partial charge on any atom is 0.303 e. The van der Waals surface area contributed by atoms with Gasteiger partial charge in [-0.1, -0.05) is 6.92 Å². The van der Waals surface area contributed by atoms with Crippen LogP contribution in [0.15, 0.2) is 24.3 Å². The highest BCUT2D eigenvalue weighted by Crippen LogP contribution is 2.11. The molecule has 0 heterocycles. The van der Waals surface area contributed by atoms with Gasteiger partial charge in [0.25, 0.3) is 0 Å². The fourth-order valence-electron chi connectivity index (χ4n) is 1.44. The quantitative estimate of drug-likeness (QED) is 0.630. The smallest absolute Gasteiger partial charge is 0.303 e. The van der Waals surface area contributed by atoms with Crippen LogP contribution in [0.1, 0.15) is 37.0 Å². The molecule has 0 aliphatic carbocycles. The largest absolute Gasteiger partial charge is 0.457 e. The predicted molar refractivity (Wildman–Crippen MR) is 70.9 cm³/mol. The summed E-state index contributed by atoms with van der Waals surface area (Å²) in [6.07, 6.45) is 1.25. The van der Waals surface area contributed by atoms with Crippen molar-refractivity contribution in [1.82, 2.24) is 0 Å². The van der Waals surface area contributed by atoms with Crippen LogP contribution in [0.5, 0.6) is 0 Å². The van der Waals surface area contributed by atoms with Gasteiger partial charge < -0.3 is 10.1 Å². The molecule has 0 unspecified atom stereocenters. The van der Waals surface area contributed by atoms with Crippen molar-refractivity contribution in [1.29, 1.82) is 0 Å². The van der Waals surface area contributed by atoms with Crippen LogP contribution in [0, 0.1) is 0 Å². The third-order valence-electron chi connectivity index (χ3n) is 2.37. The van der Waals surface area contributed by atoms with E-state index in [-0.39, 0.29) is 18.3 Å². The van der Waals surface area contributed by atoms with Crippen LogP contribution < -0.4 is 5.32 Å². The molecule has 19 heavy (non-hydrogen) atoms. The first-order valence-electron chi connectivity index (χ1n) is 6.09. The van der Waals surface area contributed by atoms with Gasteiger partial charge in [0.05, 0.1) is 0 Å². The van der Waals surface area contributed by atoms with E-state index in [1.165, 1.54) is 6.92 Å². The Bertz CT molecular complexity index is 465. The Morgan fingerprint density at radius 2 is 1.79 bits per heavy atom. The van der Waals surface area contributed by atoms with Crippen LogP contribution in [0.2, 0.25) is 0 Å². The molecule has 1 aromatic rings. The summed E-state index contributed by atoms with van der Waals surface area (Å²) in [5.74, 6) is -0.820. The summed E-state index contributed by atoms with van der Waals surface area (Å²) in [7, 11) is 0. The molecule has 102 valence electrons. The molecule has 1 aromatic carbocycles. The van der Waals surface area contributed by atoms with Crippen molar-refractivity contribution in [3.63, 3.8) is 0 Å². The Morgan fingerprint density at radius 1 is 1.16 bits per heavy atom. The highest BCUT2D eigenvalue weighted by atomic mass is 16.5. The molecule has 5 heteroatoms. The zero-order valence-corrected chi connectivity index (χ0v) is 11.1. The van der Waals surface area contributed by atoms with E-state index in [0.29, 0.717) is 17.7 Å². The predicted octanol–water partition coefficient (Wildman–Crippen LogP) is 2.17. The molecule has 0 saturated heterocycles. The molecule has 0 bridgehead atoms. The lowest BCUT2D eigenvalue weighted by molar-refractivity contribution is -0.139. The SMILES string of the molecule is CCCC(=O)Nc1ccc(C(=O)COC(C)=O)cc1. The molecule has 0 spiro atoms. The lowest BCUT2D eigenvalue weighted by Crippen LogP contribution is -2.13. The maximum atomic E-state index is 11.6. The minimum atomic E-state index is -0.489. The number of anilines is 1.